The molecule has 0 aromatic heterocycles. The molecule has 0 fully saturated rings. The average molecular weight is 329 g/mol. The van der Waals surface area contributed by atoms with E-state index < -0.39 is 12.0 Å². The fourth-order valence-electron chi connectivity index (χ4n) is 2.01. The van der Waals surface area contributed by atoms with E-state index in [1.165, 1.54) is 7.11 Å². The molecule has 19 heavy (non-hydrogen) atoms. The van der Waals surface area contributed by atoms with Gasteiger partial charge in [-0.05, 0) is 30.5 Å². The van der Waals surface area contributed by atoms with Gasteiger partial charge in [-0.1, -0.05) is 47.8 Å². The van der Waals surface area contributed by atoms with Gasteiger partial charge in [-0.25, -0.2) is 0 Å². The Morgan fingerprint density at radius 2 is 2.16 bits per heavy atom. The van der Waals surface area contributed by atoms with Crippen LogP contribution in [0.25, 0.3) is 0 Å². The van der Waals surface area contributed by atoms with Gasteiger partial charge in [0.25, 0.3) is 0 Å². The summed E-state index contributed by atoms with van der Waals surface area (Å²) in [4.78, 5) is 11.8. The number of hydrogen-bond acceptors (Lipinski definition) is 3. The van der Waals surface area contributed by atoms with Crippen molar-refractivity contribution >= 4 is 21.9 Å². The molecule has 0 aliphatic carbocycles. The minimum absolute atomic E-state index is 0.349. The molecule has 0 aliphatic heterocycles. The Morgan fingerprint density at radius 1 is 1.47 bits per heavy atom. The lowest BCUT2D eigenvalue weighted by Crippen LogP contribution is -2.23. The lowest BCUT2D eigenvalue weighted by molar-refractivity contribution is -0.150. The molecular weight excluding hydrogens is 308 g/mol. The van der Waals surface area contributed by atoms with Crippen LogP contribution in [0.1, 0.15) is 43.4 Å². The summed E-state index contributed by atoms with van der Waals surface area (Å²) in [6.07, 6.45) is 1.69. The summed E-state index contributed by atoms with van der Waals surface area (Å²) in [7, 11) is 1.36. The van der Waals surface area contributed by atoms with Crippen LogP contribution in [0.2, 0.25) is 0 Å². The van der Waals surface area contributed by atoms with Crippen molar-refractivity contribution in [2.24, 2.45) is 5.92 Å². The van der Waals surface area contributed by atoms with Crippen molar-refractivity contribution in [3.8, 4) is 0 Å². The largest absolute Gasteiger partial charge is 0.469 e. The van der Waals surface area contributed by atoms with Crippen molar-refractivity contribution < 1.29 is 14.6 Å². The van der Waals surface area contributed by atoms with Gasteiger partial charge in [0.15, 0.2) is 0 Å². The number of ether oxygens (including phenoxy) is 1. The highest BCUT2D eigenvalue weighted by atomic mass is 79.9. The lowest BCUT2D eigenvalue weighted by atomic mass is 9.91. The number of aliphatic hydroxyl groups is 1. The van der Waals surface area contributed by atoms with E-state index in [1.54, 1.807) is 0 Å². The highest BCUT2D eigenvalue weighted by molar-refractivity contribution is 9.10. The fraction of sp³-hybridized carbons (Fsp3) is 0.533. The smallest absolute Gasteiger partial charge is 0.311 e. The molecule has 2 unspecified atom stereocenters. The summed E-state index contributed by atoms with van der Waals surface area (Å²) in [6, 6.07) is 5.64. The third kappa shape index (κ3) is 4.32. The molecule has 0 saturated carbocycles. The summed E-state index contributed by atoms with van der Waals surface area (Å²) in [5, 5.41) is 10.4. The second kappa shape index (κ2) is 7.65. The van der Waals surface area contributed by atoms with Gasteiger partial charge in [0, 0.05) is 4.47 Å². The molecular formula is C15H21BrO3. The number of halogens is 1. The van der Waals surface area contributed by atoms with E-state index in [-0.39, 0.29) is 5.97 Å². The van der Waals surface area contributed by atoms with Crippen molar-refractivity contribution in [1.82, 2.24) is 0 Å². The lowest BCUT2D eigenvalue weighted by Gasteiger charge is -2.21. The molecule has 4 heteroatoms. The van der Waals surface area contributed by atoms with Crippen LogP contribution in [0, 0.1) is 12.8 Å². The first-order chi connectivity index (χ1) is 9.01. The molecule has 0 bridgehead atoms. The number of esters is 1. The van der Waals surface area contributed by atoms with Gasteiger partial charge in [-0.2, -0.15) is 0 Å². The maximum atomic E-state index is 11.8. The minimum Gasteiger partial charge on any atom is -0.469 e. The molecule has 2 atom stereocenters. The number of benzene rings is 1. The first kappa shape index (κ1) is 16.2. The zero-order chi connectivity index (χ0) is 14.4. The van der Waals surface area contributed by atoms with Gasteiger partial charge >= 0.3 is 5.97 Å². The molecule has 0 radical (unpaired) electrons. The normalized spacial score (nSPS) is 13.9. The molecule has 0 aliphatic rings. The summed E-state index contributed by atoms with van der Waals surface area (Å²) < 4.78 is 5.73. The van der Waals surface area contributed by atoms with Crippen LogP contribution in [0.5, 0.6) is 0 Å². The third-order valence-electron chi connectivity index (χ3n) is 3.29. The van der Waals surface area contributed by atoms with Crippen LogP contribution in [0.3, 0.4) is 0 Å². The summed E-state index contributed by atoms with van der Waals surface area (Å²) in [5.41, 5.74) is 1.84. The van der Waals surface area contributed by atoms with E-state index in [9.17, 15) is 9.90 Å². The molecule has 0 spiro atoms. The van der Waals surface area contributed by atoms with Gasteiger partial charge in [-0.3, -0.25) is 4.79 Å². The standard InChI is InChI=1S/C15H21BrO3/c1-4-5-6-12(15(18)19-3)14(17)11-8-7-10(2)13(16)9-11/h7-9,12,14,17H,4-6H2,1-3H3. The highest BCUT2D eigenvalue weighted by Gasteiger charge is 2.28. The minimum atomic E-state index is -0.823. The molecule has 1 aromatic rings. The van der Waals surface area contributed by atoms with Crippen LogP contribution < -0.4 is 0 Å². The molecule has 3 nitrogen and oxygen atoms in total. The Morgan fingerprint density at radius 3 is 2.68 bits per heavy atom. The Labute approximate surface area is 123 Å². The molecule has 1 aromatic carbocycles. The first-order valence-electron chi connectivity index (χ1n) is 6.53. The van der Waals surface area contributed by atoms with Crippen molar-refractivity contribution in [3.05, 3.63) is 33.8 Å². The Balaban J connectivity index is 2.93. The van der Waals surface area contributed by atoms with Crippen LogP contribution in [0.15, 0.2) is 22.7 Å². The predicted octanol–water partition coefficient (Wildman–Crippen LogP) is 3.77. The van der Waals surface area contributed by atoms with Crippen LogP contribution in [-0.2, 0) is 9.53 Å². The zero-order valence-electron chi connectivity index (χ0n) is 11.6. The molecule has 0 heterocycles. The molecule has 0 saturated heterocycles. The first-order valence-corrected chi connectivity index (χ1v) is 7.32. The maximum absolute atomic E-state index is 11.8. The number of aryl methyl sites for hydroxylation is 1. The number of carbonyl (C=O) groups is 1. The topological polar surface area (TPSA) is 46.5 Å². The second-order valence-electron chi connectivity index (χ2n) is 4.73. The van der Waals surface area contributed by atoms with Crippen molar-refractivity contribution in [3.63, 3.8) is 0 Å². The maximum Gasteiger partial charge on any atom is 0.311 e. The molecule has 1 N–H and O–H groups in total. The van der Waals surface area contributed by atoms with Gasteiger partial charge < -0.3 is 9.84 Å². The fourth-order valence-corrected chi connectivity index (χ4v) is 2.40. The van der Waals surface area contributed by atoms with Gasteiger partial charge in [0.05, 0.1) is 19.1 Å². The zero-order valence-corrected chi connectivity index (χ0v) is 13.2. The number of unbranched alkanes of at least 4 members (excludes halogenated alkanes) is 1. The summed E-state index contributed by atoms with van der Waals surface area (Å²) >= 11 is 3.44. The van der Waals surface area contributed by atoms with Gasteiger partial charge in [0.1, 0.15) is 0 Å². The SMILES string of the molecule is CCCCC(C(=O)OC)C(O)c1ccc(C)c(Br)c1. The number of carbonyl (C=O) groups excluding carboxylic acids is 1. The highest BCUT2D eigenvalue weighted by Crippen LogP contribution is 2.30. The number of methoxy groups -OCH3 is 1. The third-order valence-corrected chi connectivity index (χ3v) is 4.15. The second-order valence-corrected chi connectivity index (χ2v) is 5.58. The van der Waals surface area contributed by atoms with E-state index in [0.29, 0.717) is 6.42 Å². The number of hydrogen-bond donors (Lipinski definition) is 1. The van der Waals surface area contributed by atoms with E-state index >= 15 is 0 Å². The number of aliphatic hydroxyl groups excluding tert-OH is 1. The van der Waals surface area contributed by atoms with E-state index in [2.05, 4.69) is 22.9 Å². The number of rotatable bonds is 6. The monoisotopic (exact) mass is 328 g/mol. The predicted molar refractivity (Wildman–Crippen MR) is 78.9 cm³/mol. The van der Waals surface area contributed by atoms with Crippen LogP contribution >= 0.6 is 15.9 Å². The molecule has 1 rings (SSSR count). The summed E-state index contributed by atoms with van der Waals surface area (Å²) in [6.45, 7) is 4.04. The van der Waals surface area contributed by atoms with Crippen LogP contribution in [-0.4, -0.2) is 18.2 Å². The average Bonchev–Trinajstić information content (AvgIpc) is 2.41. The van der Waals surface area contributed by atoms with Crippen molar-refractivity contribution in [2.75, 3.05) is 7.11 Å². The van der Waals surface area contributed by atoms with Gasteiger partial charge in [-0.15, -0.1) is 0 Å². The van der Waals surface area contributed by atoms with E-state index in [4.69, 9.17) is 4.74 Å². The molecule has 106 valence electrons. The Kier molecular flexibility index (Phi) is 6.52. The summed E-state index contributed by atoms with van der Waals surface area (Å²) in [5.74, 6) is -0.850. The Bertz CT molecular complexity index is 431. The molecule has 0 amide bonds. The Hall–Kier alpha value is -0.870. The van der Waals surface area contributed by atoms with E-state index in [1.807, 2.05) is 25.1 Å². The van der Waals surface area contributed by atoms with E-state index in [0.717, 1.165) is 28.4 Å². The van der Waals surface area contributed by atoms with Crippen LogP contribution in [0.4, 0.5) is 0 Å². The van der Waals surface area contributed by atoms with Crippen molar-refractivity contribution in [2.45, 2.75) is 39.2 Å². The van der Waals surface area contributed by atoms with Gasteiger partial charge in [0.2, 0.25) is 0 Å². The van der Waals surface area contributed by atoms with Crippen molar-refractivity contribution in [1.29, 1.82) is 0 Å². The quantitative estimate of drug-likeness (QED) is 0.808.